The van der Waals surface area contributed by atoms with Crippen LogP contribution in [0.3, 0.4) is 0 Å². The van der Waals surface area contributed by atoms with Gasteiger partial charge in [-0.05, 0) is 17.7 Å². The van der Waals surface area contributed by atoms with Gasteiger partial charge in [-0.2, -0.15) is 0 Å². The summed E-state index contributed by atoms with van der Waals surface area (Å²) < 4.78 is 25.2. The fraction of sp³-hybridized carbons (Fsp3) is 0.250. The molecule has 0 saturated heterocycles. The Hall–Kier alpha value is -1.00. The first-order valence-corrected chi connectivity index (χ1v) is 3.55. The smallest absolute Gasteiger partial charge is 0.126 e. The molecule has 0 fully saturated rings. The third-order valence-electron chi connectivity index (χ3n) is 1.57. The van der Waals surface area contributed by atoms with Crippen molar-refractivity contribution < 1.29 is 8.78 Å². The largest absolute Gasteiger partial charge is 0.329 e. The molecule has 12 heavy (non-hydrogen) atoms. The molecular formula is C8H10F2N2. The number of benzene rings is 1. The molecule has 0 saturated carbocycles. The van der Waals surface area contributed by atoms with Gasteiger partial charge in [-0.1, -0.05) is 0 Å². The molecule has 4 N–H and O–H groups in total. The van der Waals surface area contributed by atoms with Crippen molar-refractivity contribution in [1.82, 2.24) is 0 Å². The zero-order valence-electron chi connectivity index (χ0n) is 6.43. The van der Waals surface area contributed by atoms with Crippen molar-refractivity contribution in [1.29, 1.82) is 0 Å². The van der Waals surface area contributed by atoms with Crippen LogP contribution in [0, 0.1) is 11.6 Å². The molecule has 1 rings (SSSR count). The Morgan fingerprint density at radius 1 is 1.17 bits per heavy atom. The summed E-state index contributed by atoms with van der Waals surface area (Å²) in [5.41, 5.74) is 11.1. The molecule has 0 heterocycles. The maximum atomic E-state index is 12.6. The second-order valence-corrected chi connectivity index (χ2v) is 2.54. The minimum atomic E-state index is -0.631. The number of nitrogens with two attached hydrogens (primary N) is 2. The second-order valence-electron chi connectivity index (χ2n) is 2.54. The van der Waals surface area contributed by atoms with Crippen molar-refractivity contribution in [3.63, 3.8) is 0 Å². The molecule has 1 aromatic carbocycles. The lowest BCUT2D eigenvalue weighted by Crippen LogP contribution is -2.20. The van der Waals surface area contributed by atoms with Gasteiger partial charge in [0.1, 0.15) is 11.6 Å². The van der Waals surface area contributed by atoms with Crippen molar-refractivity contribution in [3.8, 4) is 0 Å². The van der Waals surface area contributed by atoms with Crippen LogP contribution in [0.5, 0.6) is 0 Å². The average Bonchev–Trinajstić information content (AvgIpc) is 2.01. The maximum absolute atomic E-state index is 12.6. The topological polar surface area (TPSA) is 52.0 Å². The Kier molecular flexibility index (Phi) is 2.73. The highest BCUT2D eigenvalue weighted by molar-refractivity contribution is 5.21. The van der Waals surface area contributed by atoms with Crippen LogP contribution >= 0.6 is 0 Å². The first-order valence-electron chi connectivity index (χ1n) is 3.55. The number of hydrogen-bond acceptors (Lipinski definition) is 2. The van der Waals surface area contributed by atoms with Gasteiger partial charge >= 0.3 is 0 Å². The zero-order chi connectivity index (χ0) is 9.14. The van der Waals surface area contributed by atoms with Crippen molar-refractivity contribution >= 4 is 0 Å². The quantitative estimate of drug-likeness (QED) is 0.697. The summed E-state index contributed by atoms with van der Waals surface area (Å²) in [6.45, 7) is 0.170. The summed E-state index contributed by atoms with van der Waals surface area (Å²) in [4.78, 5) is 0. The summed E-state index contributed by atoms with van der Waals surface area (Å²) in [5.74, 6) is -1.26. The van der Waals surface area contributed by atoms with E-state index < -0.39 is 17.7 Å². The lowest BCUT2D eigenvalue weighted by Gasteiger charge is -2.08. The summed E-state index contributed by atoms with van der Waals surface area (Å²) in [5, 5.41) is 0. The Morgan fingerprint density at radius 2 is 1.67 bits per heavy atom. The molecule has 2 nitrogen and oxygen atoms in total. The second kappa shape index (κ2) is 3.60. The Labute approximate surface area is 69.2 Å². The number of halogens is 2. The van der Waals surface area contributed by atoms with Crippen molar-refractivity contribution in [3.05, 3.63) is 35.4 Å². The lowest BCUT2D eigenvalue weighted by molar-refractivity contribution is 0.574. The first-order chi connectivity index (χ1) is 5.63. The van der Waals surface area contributed by atoms with E-state index in [0.717, 1.165) is 6.07 Å². The molecule has 0 radical (unpaired) electrons. The highest BCUT2D eigenvalue weighted by Gasteiger charge is 2.06. The summed E-state index contributed by atoms with van der Waals surface area (Å²) in [6, 6.07) is 2.66. The normalized spacial score (nSPS) is 13.0. The third-order valence-corrected chi connectivity index (χ3v) is 1.57. The van der Waals surface area contributed by atoms with E-state index in [1.165, 1.54) is 12.1 Å². The van der Waals surface area contributed by atoms with Crippen molar-refractivity contribution in [2.75, 3.05) is 6.54 Å². The van der Waals surface area contributed by atoms with Gasteiger partial charge < -0.3 is 11.5 Å². The van der Waals surface area contributed by atoms with Gasteiger partial charge in [0.25, 0.3) is 0 Å². The highest BCUT2D eigenvalue weighted by Crippen LogP contribution is 2.13. The predicted octanol–water partition coefficient (Wildman–Crippen LogP) is 0.923. The summed E-state index contributed by atoms with van der Waals surface area (Å²) >= 11 is 0. The molecule has 0 aliphatic heterocycles. The van der Waals surface area contributed by atoms with Crippen LogP contribution in [0.4, 0.5) is 8.78 Å². The number of rotatable bonds is 2. The minimum Gasteiger partial charge on any atom is -0.329 e. The maximum Gasteiger partial charge on any atom is 0.126 e. The van der Waals surface area contributed by atoms with E-state index in [2.05, 4.69) is 0 Å². The molecule has 0 aliphatic rings. The monoisotopic (exact) mass is 172 g/mol. The van der Waals surface area contributed by atoms with E-state index in [0.29, 0.717) is 5.56 Å². The van der Waals surface area contributed by atoms with E-state index in [1.807, 2.05) is 0 Å². The highest BCUT2D eigenvalue weighted by atomic mass is 19.1. The van der Waals surface area contributed by atoms with Gasteiger partial charge in [0.05, 0.1) is 0 Å². The summed E-state index contributed by atoms with van der Waals surface area (Å²) in [7, 11) is 0. The van der Waals surface area contributed by atoms with Crippen LogP contribution in [0.15, 0.2) is 18.2 Å². The fourth-order valence-corrected chi connectivity index (χ4v) is 0.925. The molecule has 1 aromatic rings. The van der Waals surface area contributed by atoms with Crippen molar-refractivity contribution in [2.24, 2.45) is 11.5 Å². The third kappa shape index (κ3) is 1.99. The fourth-order valence-electron chi connectivity index (χ4n) is 0.925. The average molecular weight is 172 g/mol. The van der Waals surface area contributed by atoms with Gasteiger partial charge in [0.2, 0.25) is 0 Å². The molecule has 0 aromatic heterocycles. The molecule has 4 heteroatoms. The van der Waals surface area contributed by atoms with Crippen LogP contribution in [-0.4, -0.2) is 6.54 Å². The van der Waals surface area contributed by atoms with Crippen LogP contribution in [0.25, 0.3) is 0 Å². The van der Waals surface area contributed by atoms with Crippen molar-refractivity contribution in [2.45, 2.75) is 6.04 Å². The van der Waals surface area contributed by atoms with Gasteiger partial charge in [0.15, 0.2) is 0 Å². The molecule has 0 spiro atoms. The molecular weight excluding hydrogens is 162 g/mol. The van der Waals surface area contributed by atoms with Crippen LogP contribution in [0.2, 0.25) is 0 Å². The van der Waals surface area contributed by atoms with E-state index in [9.17, 15) is 8.78 Å². The van der Waals surface area contributed by atoms with E-state index in [1.54, 1.807) is 0 Å². The van der Waals surface area contributed by atoms with E-state index >= 15 is 0 Å². The van der Waals surface area contributed by atoms with Gasteiger partial charge in [-0.3, -0.25) is 0 Å². The molecule has 1 atom stereocenters. The van der Waals surface area contributed by atoms with Crippen LogP contribution < -0.4 is 11.5 Å². The lowest BCUT2D eigenvalue weighted by atomic mass is 10.1. The van der Waals surface area contributed by atoms with Crippen LogP contribution in [-0.2, 0) is 0 Å². The predicted molar refractivity (Wildman–Crippen MR) is 42.3 cm³/mol. The molecule has 0 aliphatic carbocycles. The number of hydrogen-bond donors (Lipinski definition) is 2. The molecule has 66 valence electrons. The first kappa shape index (κ1) is 9.09. The van der Waals surface area contributed by atoms with Gasteiger partial charge in [-0.25, -0.2) is 8.78 Å². The van der Waals surface area contributed by atoms with E-state index in [-0.39, 0.29) is 6.54 Å². The SMILES string of the molecule is NCC(N)c1cc(F)cc(F)c1. The van der Waals surface area contributed by atoms with Gasteiger partial charge in [-0.15, -0.1) is 0 Å². The Balaban J connectivity index is 3.00. The minimum absolute atomic E-state index is 0.170. The zero-order valence-corrected chi connectivity index (χ0v) is 6.43. The molecule has 0 bridgehead atoms. The Morgan fingerprint density at radius 3 is 2.08 bits per heavy atom. The van der Waals surface area contributed by atoms with Crippen LogP contribution in [0.1, 0.15) is 11.6 Å². The molecule has 0 amide bonds. The van der Waals surface area contributed by atoms with Gasteiger partial charge in [0, 0.05) is 18.7 Å². The molecule has 1 unspecified atom stereocenters. The van der Waals surface area contributed by atoms with E-state index in [4.69, 9.17) is 11.5 Å². The summed E-state index contributed by atoms with van der Waals surface area (Å²) in [6.07, 6.45) is 0. The standard InChI is InChI=1S/C8H10F2N2/c9-6-1-5(8(12)4-11)2-7(10)3-6/h1-3,8H,4,11-12H2. The Bertz CT molecular complexity index is 256.